The van der Waals surface area contributed by atoms with Crippen molar-refractivity contribution in [1.82, 2.24) is 15.5 Å². The Balaban J connectivity index is 2.08. The summed E-state index contributed by atoms with van der Waals surface area (Å²) in [5, 5.41) is 7.82. The molecule has 0 spiro atoms. The molecule has 0 saturated heterocycles. The Bertz CT molecular complexity index is 835. The first kappa shape index (κ1) is 22.1. The van der Waals surface area contributed by atoms with Gasteiger partial charge in [0, 0.05) is 36.2 Å². The van der Waals surface area contributed by atoms with Gasteiger partial charge in [-0.3, -0.25) is 4.79 Å². The molecular weight excluding hydrogens is 395 g/mol. The molecule has 0 aliphatic rings. The molecule has 0 fully saturated rings. The molecule has 0 aliphatic heterocycles. The minimum Gasteiger partial charge on any atom is -0.357 e. The molecule has 1 unspecified atom stereocenters. The van der Waals surface area contributed by atoms with Crippen LogP contribution in [0.4, 0.5) is 0 Å². The van der Waals surface area contributed by atoms with E-state index in [1.807, 2.05) is 50.2 Å². The lowest BCUT2D eigenvalue weighted by Crippen LogP contribution is -2.38. The smallest absolute Gasteiger partial charge is 0.253 e. The van der Waals surface area contributed by atoms with Crippen molar-refractivity contribution in [3.05, 3.63) is 69.2 Å². The quantitative estimate of drug-likeness (QED) is 0.533. The topological polar surface area (TPSA) is 56.7 Å². The van der Waals surface area contributed by atoms with Gasteiger partial charge in [-0.2, -0.15) is 0 Å². The van der Waals surface area contributed by atoms with E-state index in [2.05, 4.69) is 15.6 Å². The second-order valence-electron chi connectivity index (χ2n) is 6.62. The maximum atomic E-state index is 12.0. The van der Waals surface area contributed by atoms with Gasteiger partial charge in [0.2, 0.25) is 0 Å². The molecule has 150 valence electrons. The second-order valence-corrected chi connectivity index (χ2v) is 7.47. The minimum absolute atomic E-state index is 0.0151. The van der Waals surface area contributed by atoms with Gasteiger partial charge in [-0.25, -0.2) is 4.99 Å². The third kappa shape index (κ3) is 6.14. The lowest BCUT2D eigenvalue weighted by atomic mass is 10.1. The summed E-state index contributed by atoms with van der Waals surface area (Å²) in [5.74, 6) is 0.674. The Morgan fingerprint density at radius 1 is 1.14 bits per heavy atom. The van der Waals surface area contributed by atoms with Crippen LogP contribution in [-0.2, 0) is 6.54 Å². The first-order chi connectivity index (χ1) is 13.3. The first-order valence-corrected chi connectivity index (χ1v) is 9.87. The van der Waals surface area contributed by atoms with Crippen molar-refractivity contribution in [2.45, 2.75) is 26.4 Å². The highest BCUT2D eigenvalue weighted by Crippen LogP contribution is 2.26. The zero-order valence-corrected chi connectivity index (χ0v) is 18.1. The summed E-state index contributed by atoms with van der Waals surface area (Å²) in [6, 6.07) is 12.9. The van der Waals surface area contributed by atoms with Crippen LogP contribution in [0.1, 0.15) is 41.4 Å². The highest BCUT2D eigenvalue weighted by atomic mass is 35.5. The van der Waals surface area contributed by atoms with Crippen molar-refractivity contribution in [3.8, 4) is 0 Å². The number of guanidine groups is 1. The Morgan fingerprint density at radius 3 is 2.39 bits per heavy atom. The molecule has 2 aromatic rings. The van der Waals surface area contributed by atoms with Crippen LogP contribution < -0.4 is 10.6 Å². The van der Waals surface area contributed by atoms with Crippen molar-refractivity contribution in [3.63, 3.8) is 0 Å². The average Bonchev–Trinajstić information content (AvgIpc) is 2.66. The molecule has 0 bridgehead atoms. The average molecular weight is 421 g/mol. The third-order valence-corrected chi connectivity index (χ3v) is 4.72. The summed E-state index contributed by atoms with van der Waals surface area (Å²) >= 11 is 12.3. The summed E-state index contributed by atoms with van der Waals surface area (Å²) in [5.41, 5.74) is 2.63. The van der Waals surface area contributed by atoms with E-state index in [9.17, 15) is 4.79 Å². The number of carbonyl (C=O) groups is 1. The summed E-state index contributed by atoms with van der Waals surface area (Å²) < 4.78 is 0. The highest BCUT2D eigenvalue weighted by Gasteiger charge is 2.12. The lowest BCUT2D eigenvalue weighted by molar-refractivity contribution is 0.0827. The number of nitrogens with one attached hydrogen (secondary N) is 2. The number of hydrogen-bond donors (Lipinski definition) is 2. The first-order valence-electron chi connectivity index (χ1n) is 9.12. The van der Waals surface area contributed by atoms with Crippen LogP contribution in [0, 0.1) is 0 Å². The SMILES string of the molecule is CCNC(=NCc1ccc(C(=O)N(C)C)cc1)NC(C)c1ccc(Cl)cc1Cl. The number of aliphatic imine (C=N–C) groups is 1. The molecule has 28 heavy (non-hydrogen) atoms. The normalized spacial score (nSPS) is 12.4. The van der Waals surface area contributed by atoms with E-state index in [0.717, 1.165) is 17.7 Å². The predicted octanol–water partition coefficient (Wildman–Crippen LogP) is 4.51. The molecule has 0 radical (unpaired) electrons. The van der Waals surface area contributed by atoms with Gasteiger partial charge in [0.25, 0.3) is 5.91 Å². The van der Waals surface area contributed by atoms with Crippen LogP contribution in [0.5, 0.6) is 0 Å². The van der Waals surface area contributed by atoms with Crippen LogP contribution >= 0.6 is 23.2 Å². The van der Waals surface area contributed by atoms with Gasteiger partial charge in [0.05, 0.1) is 12.6 Å². The Morgan fingerprint density at radius 2 is 1.82 bits per heavy atom. The maximum absolute atomic E-state index is 12.0. The molecule has 2 N–H and O–H groups in total. The van der Waals surface area contributed by atoms with E-state index in [-0.39, 0.29) is 11.9 Å². The second kappa shape index (κ2) is 10.3. The number of amides is 1. The predicted molar refractivity (Wildman–Crippen MR) is 117 cm³/mol. The fourth-order valence-electron chi connectivity index (χ4n) is 2.64. The van der Waals surface area contributed by atoms with Crippen LogP contribution in [0.3, 0.4) is 0 Å². The molecule has 2 rings (SSSR count). The highest BCUT2D eigenvalue weighted by molar-refractivity contribution is 6.35. The van der Waals surface area contributed by atoms with Gasteiger partial charge < -0.3 is 15.5 Å². The van der Waals surface area contributed by atoms with Gasteiger partial charge in [0.15, 0.2) is 5.96 Å². The molecule has 0 heterocycles. The molecule has 7 heteroatoms. The van der Waals surface area contributed by atoms with Crippen molar-refractivity contribution in [1.29, 1.82) is 0 Å². The Labute approximate surface area is 176 Å². The van der Waals surface area contributed by atoms with Crippen LogP contribution in [0.25, 0.3) is 0 Å². The Hall–Kier alpha value is -2.24. The third-order valence-electron chi connectivity index (χ3n) is 4.15. The number of carbonyl (C=O) groups excluding carboxylic acids is 1. The zero-order valence-electron chi connectivity index (χ0n) is 16.6. The molecule has 2 aromatic carbocycles. The molecule has 0 aromatic heterocycles. The summed E-state index contributed by atoms with van der Waals surface area (Å²) in [4.78, 5) is 18.2. The number of benzene rings is 2. The summed E-state index contributed by atoms with van der Waals surface area (Å²) in [7, 11) is 3.48. The van der Waals surface area contributed by atoms with Crippen molar-refractivity contribution in [2.24, 2.45) is 4.99 Å². The summed E-state index contributed by atoms with van der Waals surface area (Å²) in [6.45, 7) is 5.26. The summed E-state index contributed by atoms with van der Waals surface area (Å²) in [6.07, 6.45) is 0. The monoisotopic (exact) mass is 420 g/mol. The van der Waals surface area contributed by atoms with Crippen molar-refractivity contribution in [2.75, 3.05) is 20.6 Å². The standard InChI is InChI=1S/C21H26Cl2N4O/c1-5-24-21(26-14(2)18-11-10-17(22)12-19(18)23)25-13-15-6-8-16(9-7-15)20(28)27(3)4/h6-12,14H,5,13H2,1-4H3,(H2,24,25,26). The van der Waals surface area contributed by atoms with E-state index in [4.69, 9.17) is 23.2 Å². The van der Waals surface area contributed by atoms with Gasteiger partial charge in [-0.1, -0.05) is 41.4 Å². The number of hydrogen-bond acceptors (Lipinski definition) is 2. The van der Waals surface area contributed by atoms with E-state index in [0.29, 0.717) is 28.1 Å². The largest absolute Gasteiger partial charge is 0.357 e. The molecule has 0 saturated carbocycles. The van der Waals surface area contributed by atoms with Gasteiger partial charge in [-0.15, -0.1) is 0 Å². The zero-order chi connectivity index (χ0) is 20.7. The van der Waals surface area contributed by atoms with E-state index in [1.165, 1.54) is 0 Å². The fraction of sp³-hybridized carbons (Fsp3) is 0.333. The van der Waals surface area contributed by atoms with Gasteiger partial charge in [0.1, 0.15) is 0 Å². The van der Waals surface area contributed by atoms with E-state index >= 15 is 0 Å². The lowest BCUT2D eigenvalue weighted by Gasteiger charge is -2.19. The molecule has 1 amide bonds. The van der Waals surface area contributed by atoms with Crippen molar-refractivity contribution < 1.29 is 4.79 Å². The number of nitrogens with zero attached hydrogens (tertiary/aromatic N) is 2. The molecule has 5 nitrogen and oxygen atoms in total. The number of rotatable bonds is 6. The minimum atomic E-state index is -0.0392. The van der Waals surface area contributed by atoms with Gasteiger partial charge in [-0.05, 0) is 49.2 Å². The number of halogens is 2. The maximum Gasteiger partial charge on any atom is 0.253 e. The van der Waals surface area contributed by atoms with E-state index in [1.54, 1.807) is 25.1 Å². The van der Waals surface area contributed by atoms with Crippen LogP contribution in [0.2, 0.25) is 10.0 Å². The fourth-order valence-corrected chi connectivity index (χ4v) is 3.21. The van der Waals surface area contributed by atoms with Crippen LogP contribution in [0.15, 0.2) is 47.5 Å². The molecule has 0 aliphatic carbocycles. The van der Waals surface area contributed by atoms with Crippen LogP contribution in [-0.4, -0.2) is 37.4 Å². The molecular formula is C21H26Cl2N4O. The van der Waals surface area contributed by atoms with Gasteiger partial charge >= 0.3 is 0 Å². The molecule has 1 atom stereocenters. The van der Waals surface area contributed by atoms with Crippen molar-refractivity contribution >= 4 is 35.1 Å². The van der Waals surface area contributed by atoms with E-state index < -0.39 is 0 Å². The Kier molecular flexibility index (Phi) is 8.15.